The lowest BCUT2D eigenvalue weighted by molar-refractivity contribution is 0.477. The summed E-state index contributed by atoms with van der Waals surface area (Å²) in [7, 11) is 4.07. The van der Waals surface area contributed by atoms with Crippen LogP contribution in [0.4, 0.5) is 0 Å². The second-order valence-corrected chi connectivity index (χ2v) is 5.45. The predicted octanol–water partition coefficient (Wildman–Crippen LogP) is 3.20. The SMILES string of the molecule is CCCCCC(Cc1c(Br)c(C)nn1C)NC. The Labute approximate surface area is 113 Å². The van der Waals surface area contributed by atoms with Crippen LogP contribution in [0.15, 0.2) is 4.47 Å². The van der Waals surface area contributed by atoms with E-state index in [1.165, 1.54) is 31.4 Å². The Kier molecular flexibility index (Phi) is 6.20. The van der Waals surface area contributed by atoms with Crippen molar-refractivity contribution in [2.45, 2.75) is 52.0 Å². The largest absolute Gasteiger partial charge is 0.317 e. The van der Waals surface area contributed by atoms with E-state index < -0.39 is 0 Å². The lowest BCUT2D eigenvalue weighted by Crippen LogP contribution is -2.28. The molecule has 1 aromatic heterocycles. The van der Waals surface area contributed by atoms with Crippen LogP contribution in [0.2, 0.25) is 0 Å². The first-order valence-electron chi connectivity index (χ1n) is 6.45. The molecule has 1 N–H and O–H groups in total. The van der Waals surface area contributed by atoms with E-state index in [1.54, 1.807) is 0 Å². The number of unbranched alkanes of at least 4 members (excludes halogenated alkanes) is 2. The molecule has 0 aliphatic rings. The van der Waals surface area contributed by atoms with Crippen molar-refractivity contribution >= 4 is 15.9 Å². The summed E-state index contributed by atoms with van der Waals surface area (Å²) in [5.74, 6) is 0. The highest BCUT2D eigenvalue weighted by Gasteiger charge is 2.15. The van der Waals surface area contributed by atoms with Crippen LogP contribution in [0.5, 0.6) is 0 Å². The molecule has 0 amide bonds. The number of hydrogen-bond donors (Lipinski definition) is 1. The maximum Gasteiger partial charge on any atom is 0.0738 e. The second kappa shape index (κ2) is 7.17. The highest BCUT2D eigenvalue weighted by molar-refractivity contribution is 9.10. The molecule has 1 atom stereocenters. The maximum atomic E-state index is 4.44. The van der Waals surface area contributed by atoms with Gasteiger partial charge < -0.3 is 5.32 Å². The molecular formula is C13H24BrN3. The normalized spacial score (nSPS) is 13.0. The van der Waals surface area contributed by atoms with Gasteiger partial charge in [-0.3, -0.25) is 4.68 Å². The van der Waals surface area contributed by atoms with E-state index in [2.05, 4.69) is 33.3 Å². The average Bonchev–Trinajstić information content (AvgIpc) is 2.54. The average molecular weight is 302 g/mol. The second-order valence-electron chi connectivity index (χ2n) is 4.66. The van der Waals surface area contributed by atoms with Crippen LogP contribution in [-0.2, 0) is 13.5 Å². The van der Waals surface area contributed by atoms with Gasteiger partial charge in [0, 0.05) is 19.5 Å². The summed E-state index contributed by atoms with van der Waals surface area (Å²) in [6, 6.07) is 0.549. The minimum Gasteiger partial charge on any atom is -0.317 e. The quantitative estimate of drug-likeness (QED) is 0.784. The molecule has 0 radical (unpaired) electrons. The third-order valence-electron chi connectivity index (χ3n) is 3.27. The minimum absolute atomic E-state index is 0.549. The number of aryl methyl sites for hydroxylation is 2. The summed E-state index contributed by atoms with van der Waals surface area (Å²) in [5.41, 5.74) is 2.37. The van der Waals surface area contributed by atoms with Crippen molar-refractivity contribution in [1.29, 1.82) is 0 Å². The lowest BCUT2D eigenvalue weighted by Gasteiger charge is -2.16. The van der Waals surface area contributed by atoms with E-state index in [-0.39, 0.29) is 0 Å². The molecule has 4 heteroatoms. The Balaban J connectivity index is 2.60. The van der Waals surface area contributed by atoms with E-state index in [4.69, 9.17) is 0 Å². The predicted molar refractivity (Wildman–Crippen MR) is 76.3 cm³/mol. The fourth-order valence-electron chi connectivity index (χ4n) is 2.12. The molecular weight excluding hydrogens is 278 g/mol. The molecule has 0 saturated heterocycles. The molecule has 3 nitrogen and oxygen atoms in total. The summed E-state index contributed by atoms with van der Waals surface area (Å²) in [4.78, 5) is 0. The third-order valence-corrected chi connectivity index (χ3v) is 4.30. The van der Waals surface area contributed by atoms with E-state index >= 15 is 0 Å². The molecule has 1 heterocycles. The number of hydrogen-bond acceptors (Lipinski definition) is 2. The Hall–Kier alpha value is -0.350. The van der Waals surface area contributed by atoms with Gasteiger partial charge in [-0.2, -0.15) is 5.10 Å². The van der Waals surface area contributed by atoms with Gasteiger partial charge in [-0.05, 0) is 36.3 Å². The Morgan fingerprint density at radius 2 is 2.12 bits per heavy atom. The standard InChI is InChI=1S/C13H24BrN3/c1-5-6-7-8-11(15-3)9-12-13(14)10(2)16-17(12)4/h11,15H,5-9H2,1-4H3. The summed E-state index contributed by atoms with van der Waals surface area (Å²) >= 11 is 3.63. The van der Waals surface area contributed by atoms with Crippen LogP contribution in [0, 0.1) is 6.92 Å². The highest BCUT2D eigenvalue weighted by atomic mass is 79.9. The summed E-state index contributed by atoms with van der Waals surface area (Å²) in [6.45, 7) is 4.29. The van der Waals surface area contributed by atoms with Gasteiger partial charge in [-0.1, -0.05) is 26.2 Å². The molecule has 98 valence electrons. The highest BCUT2D eigenvalue weighted by Crippen LogP contribution is 2.22. The Morgan fingerprint density at radius 1 is 1.41 bits per heavy atom. The number of nitrogens with one attached hydrogen (secondary N) is 1. The first-order valence-corrected chi connectivity index (χ1v) is 7.24. The zero-order valence-corrected chi connectivity index (χ0v) is 13.0. The number of aromatic nitrogens is 2. The molecule has 0 fully saturated rings. The van der Waals surface area contributed by atoms with Crippen molar-refractivity contribution < 1.29 is 0 Å². The first-order chi connectivity index (χ1) is 8.10. The fourth-order valence-corrected chi connectivity index (χ4v) is 2.62. The van der Waals surface area contributed by atoms with Crippen LogP contribution in [0.1, 0.15) is 44.0 Å². The Bertz CT molecular complexity index is 347. The van der Waals surface area contributed by atoms with Crippen LogP contribution in [-0.4, -0.2) is 22.9 Å². The van der Waals surface area contributed by atoms with Crippen LogP contribution in [0.3, 0.4) is 0 Å². The van der Waals surface area contributed by atoms with Crippen molar-refractivity contribution in [2.75, 3.05) is 7.05 Å². The first kappa shape index (κ1) is 14.7. The number of rotatable bonds is 7. The zero-order valence-electron chi connectivity index (χ0n) is 11.4. The molecule has 1 rings (SSSR count). The van der Waals surface area contributed by atoms with Gasteiger partial charge >= 0.3 is 0 Å². The van der Waals surface area contributed by atoms with Crippen LogP contribution >= 0.6 is 15.9 Å². The third kappa shape index (κ3) is 4.11. The minimum atomic E-state index is 0.549. The lowest BCUT2D eigenvalue weighted by atomic mass is 10.0. The molecule has 0 saturated carbocycles. The van der Waals surface area contributed by atoms with Gasteiger partial charge in [-0.15, -0.1) is 0 Å². The Morgan fingerprint density at radius 3 is 2.59 bits per heavy atom. The monoisotopic (exact) mass is 301 g/mol. The number of nitrogens with zero attached hydrogens (tertiary/aromatic N) is 2. The summed E-state index contributed by atoms with van der Waals surface area (Å²) in [6.07, 6.45) is 6.18. The molecule has 1 unspecified atom stereocenters. The fraction of sp³-hybridized carbons (Fsp3) is 0.769. The topological polar surface area (TPSA) is 29.9 Å². The van der Waals surface area contributed by atoms with E-state index in [0.717, 1.165) is 16.6 Å². The van der Waals surface area contributed by atoms with Gasteiger partial charge in [0.2, 0.25) is 0 Å². The zero-order chi connectivity index (χ0) is 12.8. The van der Waals surface area contributed by atoms with Crippen molar-refractivity contribution in [3.8, 4) is 0 Å². The van der Waals surface area contributed by atoms with E-state index in [9.17, 15) is 0 Å². The van der Waals surface area contributed by atoms with Crippen molar-refractivity contribution in [3.05, 3.63) is 15.9 Å². The van der Waals surface area contributed by atoms with Crippen LogP contribution < -0.4 is 5.32 Å². The molecule has 0 aliphatic carbocycles. The molecule has 0 spiro atoms. The van der Waals surface area contributed by atoms with Gasteiger partial charge in [0.05, 0.1) is 15.9 Å². The van der Waals surface area contributed by atoms with E-state index in [1.807, 2.05) is 25.7 Å². The van der Waals surface area contributed by atoms with Crippen molar-refractivity contribution in [1.82, 2.24) is 15.1 Å². The van der Waals surface area contributed by atoms with Crippen molar-refractivity contribution in [2.24, 2.45) is 7.05 Å². The summed E-state index contributed by atoms with van der Waals surface area (Å²) in [5, 5.41) is 7.85. The van der Waals surface area contributed by atoms with Gasteiger partial charge in [0.15, 0.2) is 0 Å². The summed E-state index contributed by atoms with van der Waals surface area (Å²) < 4.78 is 3.15. The number of halogens is 1. The van der Waals surface area contributed by atoms with Gasteiger partial charge in [0.1, 0.15) is 0 Å². The maximum absolute atomic E-state index is 4.44. The van der Waals surface area contributed by atoms with Crippen LogP contribution in [0.25, 0.3) is 0 Å². The molecule has 17 heavy (non-hydrogen) atoms. The molecule has 0 aliphatic heterocycles. The molecule has 0 aromatic carbocycles. The smallest absolute Gasteiger partial charge is 0.0738 e. The van der Waals surface area contributed by atoms with Crippen molar-refractivity contribution in [3.63, 3.8) is 0 Å². The van der Waals surface area contributed by atoms with Gasteiger partial charge in [0.25, 0.3) is 0 Å². The molecule has 1 aromatic rings. The number of likely N-dealkylation sites (N-methyl/N-ethyl adjacent to an activating group) is 1. The van der Waals surface area contributed by atoms with Gasteiger partial charge in [-0.25, -0.2) is 0 Å². The van der Waals surface area contributed by atoms with E-state index in [0.29, 0.717) is 6.04 Å². The molecule has 0 bridgehead atoms.